The zero-order valence-electron chi connectivity index (χ0n) is 14.7. The van der Waals surface area contributed by atoms with E-state index in [-0.39, 0.29) is 29.8 Å². The maximum absolute atomic E-state index is 12.4. The monoisotopic (exact) mass is 356 g/mol. The fourth-order valence-electron chi connectivity index (χ4n) is 2.96. The van der Waals surface area contributed by atoms with Gasteiger partial charge in [0.05, 0.1) is 12.7 Å². The average molecular weight is 357 g/mol. The first-order valence-corrected chi connectivity index (χ1v) is 8.28. The van der Waals surface area contributed by atoms with Gasteiger partial charge in [0.25, 0.3) is 0 Å². The normalized spacial score (nSPS) is 24.4. The van der Waals surface area contributed by atoms with Crippen molar-refractivity contribution >= 4 is 18.3 Å². The molecule has 3 N–H and O–H groups in total. The van der Waals surface area contributed by atoms with Gasteiger partial charge in [-0.1, -0.05) is 32.0 Å². The maximum atomic E-state index is 12.4. The number of ether oxygens (including phenoxy) is 2. The van der Waals surface area contributed by atoms with Gasteiger partial charge < -0.3 is 20.5 Å². The van der Waals surface area contributed by atoms with Gasteiger partial charge in [0.15, 0.2) is 0 Å². The second-order valence-electron chi connectivity index (χ2n) is 6.61. The SMILES string of the molecule is CCOC1CC(N)(C(=O)NCCCOc2ccccc2)C1(C)C.Cl. The van der Waals surface area contributed by atoms with E-state index in [1.54, 1.807) is 0 Å². The number of carbonyl (C=O) groups excluding carboxylic acids is 1. The number of nitrogens with one attached hydrogen (secondary N) is 1. The van der Waals surface area contributed by atoms with E-state index in [4.69, 9.17) is 15.2 Å². The van der Waals surface area contributed by atoms with Gasteiger partial charge in [0.2, 0.25) is 5.91 Å². The number of para-hydroxylation sites is 1. The van der Waals surface area contributed by atoms with Crippen molar-refractivity contribution in [3.8, 4) is 5.75 Å². The van der Waals surface area contributed by atoms with Gasteiger partial charge in [-0.05, 0) is 25.5 Å². The molecule has 0 aliphatic heterocycles. The molecule has 1 aliphatic carbocycles. The lowest BCUT2D eigenvalue weighted by atomic mass is 9.54. The van der Waals surface area contributed by atoms with Crippen molar-refractivity contribution in [3.05, 3.63) is 30.3 Å². The Morgan fingerprint density at radius 3 is 2.58 bits per heavy atom. The summed E-state index contributed by atoms with van der Waals surface area (Å²) in [6.45, 7) is 7.71. The fraction of sp³-hybridized carbons (Fsp3) is 0.611. The largest absolute Gasteiger partial charge is 0.494 e. The predicted octanol–water partition coefficient (Wildman–Crippen LogP) is 2.53. The highest BCUT2D eigenvalue weighted by atomic mass is 35.5. The Bertz CT molecular complexity index is 524. The Morgan fingerprint density at radius 2 is 2.00 bits per heavy atom. The minimum atomic E-state index is -0.854. The van der Waals surface area contributed by atoms with E-state index in [0.717, 1.165) is 12.2 Å². The van der Waals surface area contributed by atoms with Crippen molar-refractivity contribution < 1.29 is 14.3 Å². The number of carbonyl (C=O) groups is 1. The molecule has 1 saturated carbocycles. The topological polar surface area (TPSA) is 73.6 Å². The van der Waals surface area contributed by atoms with E-state index >= 15 is 0 Å². The number of hydrogen-bond acceptors (Lipinski definition) is 4. The fourth-order valence-corrected chi connectivity index (χ4v) is 2.96. The Balaban J connectivity index is 0.00000288. The molecule has 0 spiro atoms. The molecule has 136 valence electrons. The second kappa shape index (κ2) is 8.70. The van der Waals surface area contributed by atoms with Crippen LogP contribution < -0.4 is 15.8 Å². The molecule has 5 nitrogen and oxygen atoms in total. The van der Waals surface area contributed by atoms with Gasteiger partial charge in [-0.3, -0.25) is 4.79 Å². The van der Waals surface area contributed by atoms with E-state index in [1.807, 2.05) is 51.1 Å². The predicted molar refractivity (Wildman–Crippen MR) is 97.5 cm³/mol. The van der Waals surface area contributed by atoms with Crippen LogP contribution in [0.25, 0.3) is 0 Å². The molecule has 1 amide bonds. The minimum Gasteiger partial charge on any atom is -0.494 e. The van der Waals surface area contributed by atoms with Crippen LogP contribution >= 0.6 is 12.4 Å². The maximum Gasteiger partial charge on any atom is 0.240 e. The Kier molecular flexibility index (Phi) is 7.52. The van der Waals surface area contributed by atoms with E-state index < -0.39 is 5.54 Å². The molecular weight excluding hydrogens is 328 g/mol. The summed E-state index contributed by atoms with van der Waals surface area (Å²) in [5.74, 6) is 0.743. The first-order chi connectivity index (χ1) is 10.9. The summed E-state index contributed by atoms with van der Waals surface area (Å²) in [6.07, 6.45) is 1.36. The molecule has 0 bridgehead atoms. The Hall–Kier alpha value is -1.30. The number of halogens is 1. The molecule has 0 heterocycles. The van der Waals surface area contributed by atoms with E-state index in [2.05, 4.69) is 5.32 Å². The highest BCUT2D eigenvalue weighted by molar-refractivity contribution is 5.88. The zero-order valence-corrected chi connectivity index (χ0v) is 15.5. The van der Waals surface area contributed by atoms with Gasteiger partial charge in [-0.15, -0.1) is 12.4 Å². The molecule has 2 rings (SSSR count). The van der Waals surface area contributed by atoms with Crippen LogP contribution in [-0.2, 0) is 9.53 Å². The molecule has 0 radical (unpaired) electrons. The number of rotatable bonds is 8. The molecule has 2 atom stereocenters. The highest BCUT2D eigenvalue weighted by Gasteiger charge is 2.62. The molecule has 1 fully saturated rings. The quantitative estimate of drug-likeness (QED) is 0.702. The van der Waals surface area contributed by atoms with Crippen LogP contribution in [0, 0.1) is 5.41 Å². The number of amides is 1. The number of nitrogens with two attached hydrogens (primary N) is 1. The first-order valence-electron chi connectivity index (χ1n) is 8.28. The molecule has 6 heteroatoms. The van der Waals surface area contributed by atoms with Crippen LogP contribution in [0.1, 0.15) is 33.6 Å². The van der Waals surface area contributed by atoms with Gasteiger partial charge in [0, 0.05) is 25.0 Å². The third-order valence-corrected chi connectivity index (χ3v) is 4.85. The van der Waals surface area contributed by atoms with Crippen molar-refractivity contribution in [3.63, 3.8) is 0 Å². The van der Waals surface area contributed by atoms with Crippen molar-refractivity contribution in [2.24, 2.45) is 11.1 Å². The van der Waals surface area contributed by atoms with Crippen LogP contribution in [0.2, 0.25) is 0 Å². The van der Waals surface area contributed by atoms with Crippen LogP contribution in [-0.4, -0.2) is 37.3 Å². The molecule has 0 saturated heterocycles. The first kappa shape index (κ1) is 20.7. The van der Waals surface area contributed by atoms with Gasteiger partial charge in [-0.25, -0.2) is 0 Å². The van der Waals surface area contributed by atoms with Crippen LogP contribution in [0.4, 0.5) is 0 Å². The molecule has 0 aromatic heterocycles. The molecule has 1 aliphatic rings. The number of hydrogen-bond donors (Lipinski definition) is 2. The summed E-state index contributed by atoms with van der Waals surface area (Å²) in [7, 11) is 0. The summed E-state index contributed by atoms with van der Waals surface area (Å²) in [5, 5.41) is 2.93. The summed E-state index contributed by atoms with van der Waals surface area (Å²) in [6, 6.07) is 9.64. The summed E-state index contributed by atoms with van der Waals surface area (Å²) >= 11 is 0. The lowest BCUT2D eigenvalue weighted by Crippen LogP contribution is -2.75. The summed E-state index contributed by atoms with van der Waals surface area (Å²) in [4.78, 5) is 12.4. The van der Waals surface area contributed by atoms with Gasteiger partial charge >= 0.3 is 0 Å². The van der Waals surface area contributed by atoms with Gasteiger partial charge in [-0.2, -0.15) is 0 Å². The Labute approximate surface area is 150 Å². The smallest absolute Gasteiger partial charge is 0.240 e. The summed E-state index contributed by atoms with van der Waals surface area (Å²) < 4.78 is 11.3. The van der Waals surface area contributed by atoms with Crippen molar-refractivity contribution in [2.75, 3.05) is 19.8 Å². The third kappa shape index (κ3) is 4.21. The molecule has 1 aromatic carbocycles. The molecular formula is C18H29ClN2O3. The second-order valence-corrected chi connectivity index (χ2v) is 6.61. The highest BCUT2D eigenvalue weighted by Crippen LogP contribution is 2.49. The lowest BCUT2D eigenvalue weighted by Gasteiger charge is -2.57. The molecule has 2 unspecified atom stereocenters. The zero-order chi connectivity index (χ0) is 16.9. The minimum absolute atomic E-state index is 0. The van der Waals surface area contributed by atoms with Crippen LogP contribution in [0.3, 0.4) is 0 Å². The van der Waals surface area contributed by atoms with Gasteiger partial charge in [0.1, 0.15) is 11.3 Å². The van der Waals surface area contributed by atoms with Crippen molar-refractivity contribution in [1.82, 2.24) is 5.32 Å². The average Bonchev–Trinajstić information content (AvgIpc) is 2.55. The molecule has 1 aromatic rings. The van der Waals surface area contributed by atoms with Crippen LogP contribution in [0.5, 0.6) is 5.75 Å². The van der Waals surface area contributed by atoms with Crippen molar-refractivity contribution in [1.29, 1.82) is 0 Å². The standard InChI is InChI=1S/C18H28N2O3.ClH/c1-4-22-15-13-18(19,17(15,2)3)16(21)20-11-8-12-23-14-9-6-5-7-10-14;/h5-7,9-10,15H,4,8,11-13,19H2,1-3H3,(H,20,21);1H. The van der Waals surface area contributed by atoms with Crippen molar-refractivity contribution in [2.45, 2.75) is 45.3 Å². The summed E-state index contributed by atoms with van der Waals surface area (Å²) in [5.41, 5.74) is 5.12. The van der Waals surface area contributed by atoms with E-state index in [1.165, 1.54) is 0 Å². The van der Waals surface area contributed by atoms with E-state index in [0.29, 0.717) is 26.2 Å². The third-order valence-electron chi connectivity index (χ3n) is 4.85. The van der Waals surface area contributed by atoms with E-state index in [9.17, 15) is 4.79 Å². The lowest BCUT2D eigenvalue weighted by molar-refractivity contribution is -0.170. The number of benzene rings is 1. The molecule has 24 heavy (non-hydrogen) atoms. The Morgan fingerprint density at radius 1 is 1.33 bits per heavy atom. The van der Waals surface area contributed by atoms with Crippen LogP contribution in [0.15, 0.2) is 30.3 Å².